The molecule has 1 aromatic carbocycles. The van der Waals surface area contributed by atoms with Gasteiger partial charge in [0.25, 0.3) is 0 Å². The van der Waals surface area contributed by atoms with E-state index in [2.05, 4.69) is 54.0 Å². The lowest BCUT2D eigenvalue weighted by atomic mass is 9.99. The Morgan fingerprint density at radius 2 is 1.92 bits per heavy atom. The summed E-state index contributed by atoms with van der Waals surface area (Å²) in [6.07, 6.45) is 4.54. The Balaban J connectivity index is 1.49. The third-order valence-corrected chi connectivity index (χ3v) is 5.55. The van der Waals surface area contributed by atoms with Gasteiger partial charge in [-0.15, -0.1) is 0 Å². The highest BCUT2D eigenvalue weighted by Gasteiger charge is 2.27. The molecule has 6 nitrogen and oxygen atoms in total. The van der Waals surface area contributed by atoms with Crippen molar-refractivity contribution in [1.29, 1.82) is 0 Å². The highest BCUT2D eigenvalue weighted by molar-refractivity contribution is 9.10. The molecule has 26 heavy (non-hydrogen) atoms. The maximum atomic E-state index is 6.08. The number of hydrogen-bond acceptors (Lipinski definition) is 5. The molecule has 2 aromatic heterocycles. The van der Waals surface area contributed by atoms with E-state index in [0.29, 0.717) is 6.61 Å². The van der Waals surface area contributed by atoms with Crippen LogP contribution in [0.15, 0.2) is 35.1 Å². The number of fused-ring (bicyclic) bond motifs is 3. The summed E-state index contributed by atoms with van der Waals surface area (Å²) in [5.74, 6) is 0.758. The number of benzene rings is 1. The summed E-state index contributed by atoms with van der Waals surface area (Å²) < 4.78 is 12.6. The van der Waals surface area contributed by atoms with Crippen molar-refractivity contribution in [3.8, 4) is 0 Å². The van der Waals surface area contributed by atoms with Crippen LogP contribution in [-0.4, -0.2) is 47.9 Å². The van der Waals surface area contributed by atoms with E-state index in [-0.39, 0.29) is 6.10 Å². The summed E-state index contributed by atoms with van der Waals surface area (Å²) in [4.78, 5) is 14.8. The summed E-state index contributed by atoms with van der Waals surface area (Å²) in [5.41, 5.74) is 4.56. The Bertz CT molecular complexity index is 935. The third-order valence-electron chi connectivity index (χ3n) is 5.05. The molecule has 0 radical (unpaired) electrons. The predicted molar refractivity (Wildman–Crippen MR) is 103 cm³/mol. The van der Waals surface area contributed by atoms with Crippen LogP contribution in [0.2, 0.25) is 0 Å². The van der Waals surface area contributed by atoms with E-state index in [1.807, 2.05) is 12.4 Å². The standard InChI is InChI=1S/C19H19BrN4O2/c20-13-1-2-16-15(9-13)14-3-6-26-18(17(14)23-16)12-10-21-19(22-11-12)24-4-7-25-8-5-24/h1-2,9-11,18,23H,3-8H2. The van der Waals surface area contributed by atoms with Crippen LogP contribution in [0.4, 0.5) is 5.95 Å². The van der Waals surface area contributed by atoms with E-state index in [4.69, 9.17) is 9.47 Å². The second-order valence-corrected chi connectivity index (χ2v) is 7.54. The van der Waals surface area contributed by atoms with Gasteiger partial charge in [0.2, 0.25) is 5.95 Å². The van der Waals surface area contributed by atoms with Crippen molar-refractivity contribution in [3.63, 3.8) is 0 Å². The van der Waals surface area contributed by atoms with Crippen LogP contribution in [-0.2, 0) is 15.9 Å². The summed E-state index contributed by atoms with van der Waals surface area (Å²) in [7, 11) is 0. The van der Waals surface area contributed by atoms with Crippen LogP contribution < -0.4 is 4.90 Å². The van der Waals surface area contributed by atoms with Crippen molar-refractivity contribution in [2.75, 3.05) is 37.8 Å². The molecular weight excluding hydrogens is 396 g/mol. The highest BCUT2D eigenvalue weighted by atomic mass is 79.9. The van der Waals surface area contributed by atoms with Crippen molar-refractivity contribution in [2.45, 2.75) is 12.5 Å². The average Bonchev–Trinajstić information content (AvgIpc) is 3.07. The number of H-pyrrole nitrogens is 1. The lowest BCUT2D eigenvalue weighted by Crippen LogP contribution is -2.37. The Kier molecular flexibility index (Phi) is 4.15. The van der Waals surface area contributed by atoms with Gasteiger partial charge in [0.1, 0.15) is 6.10 Å². The van der Waals surface area contributed by atoms with E-state index in [1.165, 1.54) is 10.9 Å². The molecule has 1 unspecified atom stereocenters. The second kappa shape index (κ2) is 6.64. The average molecular weight is 415 g/mol. The fourth-order valence-corrected chi connectivity index (χ4v) is 4.11. The van der Waals surface area contributed by atoms with Gasteiger partial charge in [-0.25, -0.2) is 9.97 Å². The molecule has 7 heteroatoms. The first-order valence-corrected chi connectivity index (χ1v) is 9.65. The molecule has 2 aliphatic heterocycles. The van der Waals surface area contributed by atoms with Gasteiger partial charge in [-0.1, -0.05) is 15.9 Å². The van der Waals surface area contributed by atoms with Crippen LogP contribution in [0.3, 0.4) is 0 Å². The Hall–Kier alpha value is -1.96. The van der Waals surface area contributed by atoms with Gasteiger partial charge in [-0.2, -0.15) is 0 Å². The number of aromatic amines is 1. The Morgan fingerprint density at radius 1 is 1.12 bits per heavy atom. The quantitative estimate of drug-likeness (QED) is 0.697. The van der Waals surface area contributed by atoms with Gasteiger partial charge < -0.3 is 19.4 Å². The fraction of sp³-hybridized carbons (Fsp3) is 0.368. The fourth-order valence-electron chi connectivity index (χ4n) is 3.75. The van der Waals surface area contributed by atoms with E-state index in [0.717, 1.165) is 59.9 Å². The molecule has 5 rings (SSSR count). The molecule has 0 amide bonds. The number of anilines is 1. The van der Waals surface area contributed by atoms with Crippen LogP contribution in [0.5, 0.6) is 0 Å². The summed E-state index contributed by atoms with van der Waals surface area (Å²) >= 11 is 3.57. The number of aromatic nitrogens is 3. The third kappa shape index (κ3) is 2.80. The van der Waals surface area contributed by atoms with Crippen LogP contribution in [0.1, 0.15) is 22.9 Å². The molecule has 3 aromatic rings. The molecule has 4 heterocycles. The molecule has 0 aliphatic carbocycles. The van der Waals surface area contributed by atoms with Gasteiger partial charge in [0.15, 0.2) is 0 Å². The molecule has 1 N–H and O–H groups in total. The predicted octanol–water partition coefficient (Wildman–Crippen LogP) is 3.22. The first-order valence-electron chi connectivity index (χ1n) is 8.86. The molecule has 0 saturated carbocycles. The summed E-state index contributed by atoms with van der Waals surface area (Å²) in [6, 6.07) is 6.33. The van der Waals surface area contributed by atoms with Crippen LogP contribution in [0, 0.1) is 0 Å². The second-order valence-electron chi connectivity index (χ2n) is 6.62. The molecule has 2 aliphatic rings. The lowest BCUT2D eigenvalue weighted by Gasteiger charge is -2.27. The Labute approximate surface area is 159 Å². The molecule has 1 saturated heterocycles. The minimum atomic E-state index is -0.149. The molecule has 0 bridgehead atoms. The normalized spacial score (nSPS) is 20.3. The highest BCUT2D eigenvalue weighted by Crippen LogP contribution is 2.37. The summed E-state index contributed by atoms with van der Waals surface area (Å²) in [6.45, 7) is 3.82. The maximum Gasteiger partial charge on any atom is 0.225 e. The number of halogens is 1. The number of rotatable bonds is 2. The first-order chi connectivity index (χ1) is 12.8. The van der Waals surface area contributed by atoms with Crippen molar-refractivity contribution < 1.29 is 9.47 Å². The zero-order valence-electron chi connectivity index (χ0n) is 14.2. The van der Waals surface area contributed by atoms with Crippen LogP contribution in [0.25, 0.3) is 10.9 Å². The molecule has 134 valence electrons. The number of nitrogens with one attached hydrogen (secondary N) is 1. The minimum absolute atomic E-state index is 0.149. The van der Waals surface area contributed by atoms with Gasteiger partial charge in [0.05, 0.1) is 25.5 Å². The van der Waals surface area contributed by atoms with Crippen LogP contribution >= 0.6 is 15.9 Å². The van der Waals surface area contributed by atoms with Crippen molar-refractivity contribution in [3.05, 3.63) is 51.9 Å². The molecular formula is C19H19BrN4O2. The molecule has 1 fully saturated rings. The van der Waals surface area contributed by atoms with Crippen molar-refractivity contribution in [2.24, 2.45) is 0 Å². The largest absolute Gasteiger partial charge is 0.378 e. The zero-order chi connectivity index (χ0) is 17.5. The molecule has 0 spiro atoms. The number of hydrogen-bond donors (Lipinski definition) is 1. The maximum absolute atomic E-state index is 6.08. The monoisotopic (exact) mass is 414 g/mol. The van der Waals surface area contributed by atoms with Gasteiger partial charge in [0, 0.05) is 46.4 Å². The number of ether oxygens (including phenoxy) is 2. The first kappa shape index (κ1) is 16.2. The van der Waals surface area contributed by atoms with E-state index in [1.54, 1.807) is 0 Å². The van der Waals surface area contributed by atoms with Crippen molar-refractivity contribution >= 4 is 32.8 Å². The van der Waals surface area contributed by atoms with Crippen molar-refractivity contribution in [1.82, 2.24) is 15.0 Å². The van der Waals surface area contributed by atoms with Gasteiger partial charge >= 0.3 is 0 Å². The number of morpholine rings is 1. The topological polar surface area (TPSA) is 63.3 Å². The smallest absolute Gasteiger partial charge is 0.225 e. The SMILES string of the molecule is Brc1ccc2[nH]c3c(c2c1)CCOC3c1cnc(N2CCOCC2)nc1. The van der Waals surface area contributed by atoms with Gasteiger partial charge in [-0.3, -0.25) is 0 Å². The zero-order valence-corrected chi connectivity index (χ0v) is 15.8. The lowest BCUT2D eigenvalue weighted by molar-refractivity contribution is 0.0672. The number of nitrogens with zero attached hydrogens (tertiary/aromatic N) is 3. The van der Waals surface area contributed by atoms with Gasteiger partial charge in [-0.05, 0) is 30.2 Å². The Morgan fingerprint density at radius 3 is 2.73 bits per heavy atom. The molecule has 1 atom stereocenters. The van der Waals surface area contributed by atoms with E-state index in [9.17, 15) is 0 Å². The minimum Gasteiger partial charge on any atom is -0.378 e. The van der Waals surface area contributed by atoms with E-state index < -0.39 is 0 Å². The summed E-state index contributed by atoms with van der Waals surface area (Å²) in [5, 5.41) is 1.26. The van der Waals surface area contributed by atoms with E-state index >= 15 is 0 Å².